The van der Waals surface area contributed by atoms with Crippen LogP contribution in [-0.4, -0.2) is 22.5 Å². The molecule has 181 valence electrons. The third-order valence-electron chi connectivity index (χ3n) is 4.35. The predicted molar refractivity (Wildman–Crippen MR) is 145 cm³/mol. The summed E-state index contributed by atoms with van der Waals surface area (Å²) >= 11 is 10.0. The number of allylic oxidation sites excluding steroid dienone is 1. The van der Waals surface area contributed by atoms with Gasteiger partial charge in [0.1, 0.15) is 18.1 Å². The SMILES string of the molecule is O=C(C=C(O)COc1cc(Br)ccc1Br)c1ccc(Br)cc1.[Ir].[c-]1ccccc1-c1ccccn1. The van der Waals surface area contributed by atoms with E-state index in [-0.39, 0.29) is 38.3 Å². The van der Waals surface area contributed by atoms with Crippen LogP contribution < -0.4 is 4.74 Å². The van der Waals surface area contributed by atoms with Crippen LogP contribution in [0.4, 0.5) is 0 Å². The fraction of sp³-hybridized carbons (Fsp3) is 0.0370. The molecule has 4 aromatic rings. The average Bonchev–Trinajstić information content (AvgIpc) is 2.86. The predicted octanol–water partition coefficient (Wildman–Crippen LogP) is 8.22. The van der Waals surface area contributed by atoms with Crippen LogP contribution >= 0.6 is 47.8 Å². The van der Waals surface area contributed by atoms with Gasteiger partial charge in [-0.1, -0.05) is 44.0 Å². The Morgan fingerprint density at radius 3 is 2.31 bits per heavy atom. The van der Waals surface area contributed by atoms with Crippen LogP contribution in [0.5, 0.6) is 5.75 Å². The third-order valence-corrected chi connectivity index (χ3v) is 6.02. The summed E-state index contributed by atoms with van der Waals surface area (Å²) in [5, 5.41) is 9.84. The maximum atomic E-state index is 12.0. The normalized spacial score (nSPS) is 10.4. The second-order valence-electron chi connectivity index (χ2n) is 6.86. The number of hydrogen-bond acceptors (Lipinski definition) is 4. The second-order valence-corrected chi connectivity index (χ2v) is 9.55. The van der Waals surface area contributed by atoms with Gasteiger partial charge in [0.2, 0.25) is 0 Å². The quantitative estimate of drug-likeness (QED) is 0.0922. The van der Waals surface area contributed by atoms with Gasteiger partial charge in [0.25, 0.3) is 0 Å². The van der Waals surface area contributed by atoms with E-state index in [0.717, 1.165) is 30.8 Å². The first-order valence-electron chi connectivity index (χ1n) is 10.1. The number of ether oxygens (including phenoxy) is 1. The Bertz CT molecular complexity index is 1210. The number of nitrogens with zero attached hydrogens (tertiary/aromatic N) is 1. The Morgan fingerprint density at radius 2 is 1.66 bits per heavy atom. The molecule has 0 amide bonds. The third kappa shape index (κ3) is 9.82. The minimum absolute atomic E-state index is 0. The molecule has 0 unspecified atom stereocenters. The maximum Gasteiger partial charge on any atom is 0.189 e. The number of carbonyl (C=O) groups excluding carboxylic acids is 1. The summed E-state index contributed by atoms with van der Waals surface area (Å²) in [5.41, 5.74) is 2.51. The summed E-state index contributed by atoms with van der Waals surface area (Å²) in [5.74, 6) is 0.159. The van der Waals surface area contributed by atoms with Crippen molar-refractivity contribution in [1.82, 2.24) is 4.98 Å². The molecule has 8 heteroatoms. The number of aliphatic hydroxyl groups is 1. The Kier molecular flexibility index (Phi) is 12.6. The van der Waals surface area contributed by atoms with Crippen LogP contribution in [0.15, 0.2) is 116 Å². The second kappa shape index (κ2) is 15.1. The van der Waals surface area contributed by atoms with E-state index in [1.807, 2.05) is 54.6 Å². The summed E-state index contributed by atoms with van der Waals surface area (Å²) in [6.45, 7) is -0.0860. The summed E-state index contributed by atoms with van der Waals surface area (Å²) in [6.07, 6.45) is 2.95. The molecular weight excluding hydrogens is 818 g/mol. The van der Waals surface area contributed by atoms with Crippen molar-refractivity contribution in [3.63, 3.8) is 0 Å². The van der Waals surface area contributed by atoms with Crippen LogP contribution in [0.3, 0.4) is 0 Å². The molecule has 0 aliphatic rings. The Hall–Kier alpha value is -2.09. The fourth-order valence-electron chi connectivity index (χ4n) is 2.70. The average molecular weight is 837 g/mol. The summed E-state index contributed by atoms with van der Waals surface area (Å²) in [4.78, 5) is 16.2. The molecule has 0 saturated heterocycles. The van der Waals surface area contributed by atoms with Gasteiger partial charge in [-0.15, -0.1) is 35.9 Å². The first-order chi connectivity index (χ1) is 16.4. The molecular formula is C27H19Br3IrNO3-. The van der Waals surface area contributed by atoms with E-state index in [1.54, 1.807) is 36.5 Å². The van der Waals surface area contributed by atoms with E-state index < -0.39 is 0 Å². The van der Waals surface area contributed by atoms with Crippen molar-refractivity contribution in [1.29, 1.82) is 0 Å². The number of carbonyl (C=O) groups is 1. The van der Waals surface area contributed by atoms with Crippen molar-refractivity contribution in [2.24, 2.45) is 0 Å². The van der Waals surface area contributed by atoms with Gasteiger partial charge in [-0.3, -0.25) is 4.79 Å². The summed E-state index contributed by atoms with van der Waals surface area (Å²) in [7, 11) is 0. The zero-order chi connectivity index (χ0) is 24.3. The number of benzene rings is 3. The van der Waals surface area contributed by atoms with Crippen molar-refractivity contribution in [3.05, 3.63) is 128 Å². The van der Waals surface area contributed by atoms with Gasteiger partial charge in [0.15, 0.2) is 5.78 Å². The van der Waals surface area contributed by atoms with E-state index in [0.29, 0.717) is 11.3 Å². The molecule has 1 N–H and O–H groups in total. The van der Waals surface area contributed by atoms with Crippen LogP contribution in [0.25, 0.3) is 11.3 Å². The van der Waals surface area contributed by atoms with Crippen molar-refractivity contribution < 1.29 is 34.7 Å². The molecule has 1 aromatic heterocycles. The zero-order valence-electron chi connectivity index (χ0n) is 18.1. The molecule has 0 bridgehead atoms. The molecule has 1 radical (unpaired) electrons. The molecule has 0 aliphatic carbocycles. The zero-order valence-corrected chi connectivity index (χ0v) is 25.3. The Morgan fingerprint density at radius 1 is 0.943 bits per heavy atom. The van der Waals surface area contributed by atoms with Gasteiger partial charge in [0, 0.05) is 46.9 Å². The minimum Gasteiger partial charge on any atom is -0.509 e. The topological polar surface area (TPSA) is 59.4 Å². The number of ketones is 1. The van der Waals surface area contributed by atoms with Crippen molar-refractivity contribution in [2.45, 2.75) is 0 Å². The van der Waals surface area contributed by atoms with E-state index >= 15 is 0 Å². The van der Waals surface area contributed by atoms with Gasteiger partial charge in [-0.05, 0) is 70.2 Å². The Labute approximate surface area is 243 Å². The van der Waals surface area contributed by atoms with Gasteiger partial charge in [0.05, 0.1) is 4.47 Å². The smallest absolute Gasteiger partial charge is 0.189 e. The van der Waals surface area contributed by atoms with E-state index in [1.165, 1.54) is 0 Å². The summed E-state index contributed by atoms with van der Waals surface area (Å²) in [6, 6.07) is 29.2. The molecule has 4 rings (SSSR count). The van der Waals surface area contributed by atoms with E-state index in [4.69, 9.17) is 4.74 Å². The number of rotatable bonds is 6. The van der Waals surface area contributed by atoms with Crippen LogP contribution in [0.1, 0.15) is 10.4 Å². The van der Waals surface area contributed by atoms with Crippen LogP contribution in [0.2, 0.25) is 0 Å². The molecule has 1 heterocycles. The maximum absolute atomic E-state index is 12.0. The van der Waals surface area contributed by atoms with E-state index in [9.17, 15) is 9.90 Å². The molecule has 0 aliphatic heterocycles. The van der Waals surface area contributed by atoms with Gasteiger partial charge in [-0.25, -0.2) is 0 Å². The minimum atomic E-state index is -0.276. The Balaban J connectivity index is 0.000000280. The van der Waals surface area contributed by atoms with Crippen LogP contribution in [0, 0.1) is 6.07 Å². The van der Waals surface area contributed by atoms with E-state index in [2.05, 4.69) is 58.8 Å². The number of pyridine rings is 1. The first kappa shape index (κ1) is 29.1. The molecule has 4 nitrogen and oxygen atoms in total. The van der Waals surface area contributed by atoms with Gasteiger partial charge >= 0.3 is 0 Å². The molecule has 3 aromatic carbocycles. The van der Waals surface area contributed by atoms with Gasteiger partial charge in [-0.2, -0.15) is 0 Å². The molecule has 0 saturated carbocycles. The molecule has 35 heavy (non-hydrogen) atoms. The molecule has 0 fully saturated rings. The standard InChI is InChI=1S/C16H11Br3O3.C11H8N.Ir/c17-11-3-1-10(2-4-11)15(21)8-13(20)9-22-16-7-12(18)5-6-14(16)19;1-2-6-10(7-3-1)11-8-4-5-9-12-11;/h1-8,20H,9H2;1-6,8-9H;/q;-1;. The number of hydrogen-bond donors (Lipinski definition) is 1. The fourth-order valence-corrected chi connectivity index (χ4v) is 3.67. The molecule has 0 atom stereocenters. The monoisotopic (exact) mass is 835 g/mol. The van der Waals surface area contributed by atoms with Crippen LogP contribution in [-0.2, 0) is 20.1 Å². The number of aliphatic hydroxyl groups excluding tert-OH is 1. The van der Waals surface area contributed by atoms with Crippen molar-refractivity contribution >= 4 is 53.6 Å². The number of aromatic nitrogens is 1. The number of halogens is 3. The molecule has 0 spiro atoms. The van der Waals surface area contributed by atoms with Crippen molar-refractivity contribution in [2.75, 3.05) is 6.61 Å². The largest absolute Gasteiger partial charge is 0.509 e. The van der Waals surface area contributed by atoms with Crippen molar-refractivity contribution in [3.8, 4) is 17.0 Å². The van der Waals surface area contributed by atoms with Gasteiger partial charge < -0.3 is 14.8 Å². The summed E-state index contributed by atoms with van der Waals surface area (Å²) < 4.78 is 8.00. The first-order valence-corrected chi connectivity index (χ1v) is 12.5.